The second-order valence-electron chi connectivity index (χ2n) is 5.48. The predicted molar refractivity (Wildman–Crippen MR) is 85.3 cm³/mol. The minimum absolute atomic E-state index is 0. The van der Waals surface area contributed by atoms with E-state index in [0.29, 0.717) is 5.92 Å². The van der Waals surface area contributed by atoms with Crippen LogP contribution in [0.15, 0.2) is 18.2 Å². The highest BCUT2D eigenvalue weighted by molar-refractivity contribution is 5.92. The van der Waals surface area contributed by atoms with Gasteiger partial charge in [-0.25, -0.2) is 8.78 Å². The van der Waals surface area contributed by atoms with Crippen molar-refractivity contribution in [3.05, 3.63) is 29.8 Å². The number of hydrogen-bond acceptors (Lipinski definition) is 3. The number of carbonyl (C=O) groups is 1. The number of nitrogens with zero attached hydrogens (tertiary/aromatic N) is 1. The second kappa shape index (κ2) is 9.02. The standard InChI is InChI=1S/C15H21F2N3O.ClH/c1-18-9-11-2-4-20(5-3-11)10-15(21)19-14-7-12(16)6-13(17)8-14;/h6-8,11,18H,2-5,9-10H2,1H3,(H,19,21);1H. The predicted octanol–water partition coefficient (Wildman–Crippen LogP) is 2.26. The molecule has 4 nitrogen and oxygen atoms in total. The Morgan fingerprint density at radius 3 is 2.36 bits per heavy atom. The molecule has 1 aromatic carbocycles. The van der Waals surface area contributed by atoms with Gasteiger partial charge in [-0.05, 0) is 57.6 Å². The average molecular weight is 334 g/mol. The smallest absolute Gasteiger partial charge is 0.238 e. The molecule has 2 rings (SSSR count). The summed E-state index contributed by atoms with van der Waals surface area (Å²) in [6.45, 7) is 3.00. The molecular formula is C15H22ClF2N3O. The van der Waals surface area contributed by atoms with Gasteiger partial charge >= 0.3 is 0 Å². The fourth-order valence-electron chi connectivity index (χ4n) is 2.67. The molecule has 1 aliphatic heterocycles. The van der Waals surface area contributed by atoms with E-state index in [1.54, 1.807) is 0 Å². The lowest BCUT2D eigenvalue weighted by atomic mass is 9.97. The Labute approximate surface area is 135 Å². The van der Waals surface area contributed by atoms with Crippen LogP contribution in [0.5, 0.6) is 0 Å². The molecule has 1 amide bonds. The molecule has 0 radical (unpaired) electrons. The van der Waals surface area contributed by atoms with Gasteiger partial charge in [0, 0.05) is 11.8 Å². The lowest BCUT2D eigenvalue weighted by Crippen LogP contribution is -2.40. The maximum atomic E-state index is 13.0. The van der Waals surface area contributed by atoms with Crippen LogP contribution in [0.3, 0.4) is 0 Å². The van der Waals surface area contributed by atoms with Crippen LogP contribution in [0.4, 0.5) is 14.5 Å². The molecule has 1 aromatic rings. The Bertz CT molecular complexity index is 473. The van der Waals surface area contributed by atoms with E-state index in [0.717, 1.165) is 50.7 Å². The molecular weight excluding hydrogens is 312 g/mol. The molecule has 1 fully saturated rings. The van der Waals surface area contributed by atoms with Crippen LogP contribution in [0.1, 0.15) is 12.8 Å². The molecule has 0 atom stereocenters. The van der Waals surface area contributed by atoms with Crippen molar-refractivity contribution in [2.75, 3.05) is 38.5 Å². The number of anilines is 1. The zero-order valence-corrected chi connectivity index (χ0v) is 13.4. The SMILES string of the molecule is CNCC1CCN(CC(=O)Nc2cc(F)cc(F)c2)CC1.Cl. The Balaban J connectivity index is 0.00000242. The third kappa shape index (κ3) is 5.87. The zero-order valence-electron chi connectivity index (χ0n) is 12.6. The molecule has 124 valence electrons. The highest BCUT2D eigenvalue weighted by Crippen LogP contribution is 2.17. The number of benzene rings is 1. The number of amides is 1. The van der Waals surface area contributed by atoms with Gasteiger partial charge in [0.15, 0.2) is 0 Å². The Kier molecular flexibility index (Phi) is 7.72. The fourth-order valence-corrected chi connectivity index (χ4v) is 2.67. The summed E-state index contributed by atoms with van der Waals surface area (Å²) in [4.78, 5) is 14.0. The van der Waals surface area contributed by atoms with Crippen LogP contribution in [0.2, 0.25) is 0 Å². The first-order valence-corrected chi connectivity index (χ1v) is 7.19. The molecule has 0 aliphatic carbocycles. The third-order valence-electron chi connectivity index (χ3n) is 3.71. The summed E-state index contributed by atoms with van der Waals surface area (Å²) in [6.07, 6.45) is 2.12. The van der Waals surface area contributed by atoms with Crippen LogP contribution in [0.25, 0.3) is 0 Å². The van der Waals surface area contributed by atoms with E-state index in [2.05, 4.69) is 15.5 Å². The van der Waals surface area contributed by atoms with Gasteiger partial charge < -0.3 is 10.6 Å². The minimum Gasteiger partial charge on any atom is -0.325 e. The molecule has 2 N–H and O–H groups in total. The second-order valence-corrected chi connectivity index (χ2v) is 5.48. The monoisotopic (exact) mass is 333 g/mol. The quantitative estimate of drug-likeness (QED) is 0.868. The van der Waals surface area contributed by atoms with Gasteiger partial charge in [-0.2, -0.15) is 0 Å². The Morgan fingerprint density at radius 1 is 1.23 bits per heavy atom. The first-order valence-electron chi connectivity index (χ1n) is 7.19. The van der Waals surface area contributed by atoms with Gasteiger partial charge in [-0.1, -0.05) is 0 Å². The summed E-state index contributed by atoms with van der Waals surface area (Å²) in [6, 6.07) is 3.00. The number of nitrogens with one attached hydrogen (secondary N) is 2. The van der Waals surface area contributed by atoms with Crippen LogP contribution < -0.4 is 10.6 Å². The summed E-state index contributed by atoms with van der Waals surface area (Å²) < 4.78 is 26.1. The summed E-state index contributed by atoms with van der Waals surface area (Å²) in [5.74, 6) is -0.977. The van der Waals surface area contributed by atoms with Crippen molar-refractivity contribution in [2.45, 2.75) is 12.8 Å². The maximum absolute atomic E-state index is 13.0. The molecule has 0 spiro atoms. The van der Waals surface area contributed by atoms with Crippen molar-refractivity contribution in [1.82, 2.24) is 10.2 Å². The highest BCUT2D eigenvalue weighted by Gasteiger charge is 2.20. The maximum Gasteiger partial charge on any atom is 0.238 e. The van der Waals surface area contributed by atoms with Crippen molar-refractivity contribution in [3.8, 4) is 0 Å². The largest absolute Gasteiger partial charge is 0.325 e. The Morgan fingerprint density at radius 2 is 1.82 bits per heavy atom. The van der Waals surface area contributed by atoms with E-state index in [9.17, 15) is 13.6 Å². The fraction of sp³-hybridized carbons (Fsp3) is 0.533. The molecule has 0 aromatic heterocycles. The Hall–Kier alpha value is -1.24. The van der Waals surface area contributed by atoms with Gasteiger partial charge in [0.2, 0.25) is 5.91 Å². The molecule has 1 saturated heterocycles. The molecule has 1 aliphatic rings. The van der Waals surface area contributed by atoms with Crippen LogP contribution in [-0.4, -0.2) is 44.0 Å². The lowest BCUT2D eigenvalue weighted by molar-refractivity contribution is -0.117. The third-order valence-corrected chi connectivity index (χ3v) is 3.71. The van der Waals surface area contributed by atoms with Crippen molar-refractivity contribution in [1.29, 1.82) is 0 Å². The van der Waals surface area contributed by atoms with Gasteiger partial charge in [0.05, 0.1) is 6.54 Å². The number of carbonyl (C=O) groups excluding carboxylic acids is 1. The van der Waals surface area contributed by atoms with E-state index < -0.39 is 11.6 Å². The summed E-state index contributed by atoms with van der Waals surface area (Å²) in [7, 11) is 1.94. The molecule has 7 heteroatoms. The topological polar surface area (TPSA) is 44.4 Å². The van der Waals surface area contributed by atoms with Crippen LogP contribution in [0, 0.1) is 17.6 Å². The highest BCUT2D eigenvalue weighted by atomic mass is 35.5. The minimum atomic E-state index is -0.696. The van der Waals surface area contributed by atoms with Gasteiger partial charge in [-0.3, -0.25) is 9.69 Å². The van der Waals surface area contributed by atoms with E-state index >= 15 is 0 Å². The number of hydrogen-bond donors (Lipinski definition) is 2. The zero-order chi connectivity index (χ0) is 15.2. The molecule has 0 saturated carbocycles. The van der Waals surface area contributed by atoms with Gasteiger partial charge in [-0.15, -0.1) is 12.4 Å². The van der Waals surface area contributed by atoms with Gasteiger partial charge in [0.1, 0.15) is 11.6 Å². The van der Waals surface area contributed by atoms with Crippen molar-refractivity contribution < 1.29 is 13.6 Å². The summed E-state index contributed by atoms with van der Waals surface area (Å²) >= 11 is 0. The summed E-state index contributed by atoms with van der Waals surface area (Å²) in [5, 5.41) is 5.70. The molecule has 0 unspecified atom stereocenters. The van der Waals surface area contributed by atoms with Crippen molar-refractivity contribution in [2.24, 2.45) is 5.92 Å². The number of halogens is 3. The molecule has 1 heterocycles. The molecule has 22 heavy (non-hydrogen) atoms. The number of likely N-dealkylation sites (tertiary alicyclic amines) is 1. The first kappa shape index (κ1) is 18.8. The number of piperidine rings is 1. The number of rotatable bonds is 5. The van der Waals surface area contributed by atoms with E-state index in [1.807, 2.05) is 7.05 Å². The van der Waals surface area contributed by atoms with Crippen molar-refractivity contribution >= 4 is 24.0 Å². The molecule has 0 bridgehead atoms. The van der Waals surface area contributed by atoms with E-state index in [1.165, 1.54) is 0 Å². The normalized spacial score (nSPS) is 16.1. The summed E-state index contributed by atoms with van der Waals surface area (Å²) in [5.41, 5.74) is 0.155. The van der Waals surface area contributed by atoms with Crippen molar-refractivity contribution in [3.63, 3.8) is 0 Å². The van der Waals surface area contributed by atoms with Gasteiger partial charge in [0.25, 0.3) is 0 Å². The van der Waals surface area contributed by atoms with Crippen LogP contribution >= 0.6 is 12.4 Å². The average Bonchev–Trinajstić information content (AvgIpc) is 2.40. The first-order chi connectivity index (χ1) is 10.1. The van der Waals surface area contributed by atoms with Crippen LogP contribution in [-0.2, 0) is 4.79 Å². The van der Waals surface area contributed by atoms with E-state index in [4.69, 9.17) is 0 Å². The lowest BCUT2D eigenvalue weighted by Gasteiger charge is -2.31. The van der Waals surface area contributed by atoms with E-state index in [-0.39, 0.29) is 30.5 Å².